The summed E-state index contributed by atoms with van der Waals surface area (Å²) < 4.78 is 13.3. The van der Waals surface area contributed by atoms with Gasteiger partial charge in [-0.3, -0.25) is 9.59 Å². The zero-order chi connectivity index (χ0) is 13.4. The van der Waals surface area contributed by atoms with E-state index < -0.39 is 5.82 Å². The molecule has 3 rings (SSSR count). The third-order valence-corrected chi connectivity index (χ3v) is 3.35. The van der Waals surface area contributed by atoms with Crippen molar-refractivity contribution >= 4 is 11.6 Å². The molecule has 2 aromatic rings. The molecule has 0 amide bonds. The molecule has 0 spiro atoms. The standard InChI is InChI=1S/C16H11FO2/c17-12-6-5-11-8-13(18)7-10-3-1-2-4-14(10)16(19)15(11)9-12/h1-6,9H,7-8H2. The highest BCUT2D eigenvalue weighted by atomic mass is 19.1. The van der Waals surface area contributed by atoms with Crippen molar-refractivity contribution < 1.29 is 14.0 Å². The molecule has 0 atom stereocenters. The van der Waals surface area contributed by atoms with E-state index in [2.05, 4.69) is 0 Å². The zero-order valence-corrected chi connectivity index (χ0v) is 10.2. The van der Waals surface area contributed by atoms with E-state index in [0.29, 0.717) is 22.3 Å². The first-order chi connectivity index (χ1) is 9.15. The van der Waals surface area contributed by atoms with Crippen LogP contribution in [0.2, 0.25) is 0 Å². The van der Waals surface area contributed by atoms with Crippen LogP contribution in [0.4, 0.5) is 4.39 Å². The van der Waals surface area contributed by atoms with Crippen molar-refractivity contribution in [2.75, 3.05) is 0 Å². The normalized spacial score (nSPS) is 14.4. The molecule has 0 unspecified atom stereocenters. The van der Waals surface area contributed by atoms with Crippen LogP contribution >= 0.6 is 0 Å². The molecule has 0 bridgehead atoms. The summed E-state index contributed by atoms with van der Waals surface area (Å²) in [6.07, 6.45) is 0.425. The SMILES string of the molecule is O=C1Cc2ccccc2C(=O)c2cc(F)ccc2C1. The maximum atomic E-state index is 13.3. The minimum absolute atomic E-state index is 0.0350. The fourth-order valence-electron chi connectivity index (χ4n) is 2.44. The minimum Gasteiger partial charge on any atom is -0.299 e. The Morgan fingerprint density at radius 3 is 2.32 bits per heavy atom. The number of halogens is 1. The van der Waals surface area contributed by atoms with E-state index in [-0.39, 0.29) is 24.4 Å². The molecule has 94 valence electrons. The van der Waals surface area contributed by atoms with Crippen LogP contribution in [-0.2, 0) is 17.6 Å². The molecule has 0 N–H and O–H groups in total. The van der Waals surface area contributed by atoms with Crippen LogP contribution in [0, 0.1) is 5.82 Å². The van der Waals surface area contributed by atoms with Crippen LogP contribution in [0.15, 0.2) is 42.5 Å². The molecule has 19 heavy (non-hydrogen) atoms. The smallest absolute Gasteiger partial charge is 0.193 e. The van der Waals surface area contributed by atoms with Crippen molar-refractivity contribution in [3.63, 3.8) is 0 Å². The van der Waals surface area contributed by atoms with Gasteiger partial charge in [-0.25, -0.2) is 4.39 Å². The molecule has 2 nitrogen and oxygen atoms in total. The quantitative estimate of drug-likeness (QED) is 0.724. The summed E-state index contributed by atoms with van der Waals surface area (Å²) in [5, 5.41) is 0. The van der Waals surface area contributed by atoms with E-state index in [0.717, 1.165) is 0 Å². The zero-order valence-electron chi connectivity index (χ0n) is 10.2. The lowest BCUT2D eigenvalue weighted by Crippen LogP contribution is -2.18. The minimum atomic E-state index is -0.461. The number of carbonyl (C=O) groups is 2. The van der Waals surface area contributed by atoms with E-state index >= 15 is 0 Å². The Labute approximate surface area is 109 Å². The van der Waals surface area contributed by atoms with Crippen molar-refractivity contribution in [3.05, 3.63) is 70.5 Å². The van der Waals surface area contributed by atoms with Crippen LogP contribution in [0.1, 0.15) is 27.0 Å². The summed E-state index contributed by atoms with van der Waals surface area (Å²) in [6, 6.07) is 11.0. The fourth-order valence-corrected chi connectivity index (χ4v) is 2.44. The number of rotatable bonds is 0. The van der Waals surface area contributed by atoms with Gasteiger partial charge in [0.05, 0.1) is 0 Å². The first kappa shape index (κ1) is 11.8. The van der Waals surface area contributed by atoms with Gasteiger partial charge in [-0.1, -0.05) is 30.3 Å². The molecule has 1 aliphatic rings. The van der Waals surface area contributed by atoms with Gasteiger partial charge in [0.2, 0.25) is 0 Å². The van der Waals surface area contributed by atoms with Gasteiger partial charge in [0.1, 0.15) is 11.6 Å². The molecule has 0 saturated carbocycles. The van der Waals surface area contributed by atoms with E-state index in [1.807, 2.05) is 0 Å². The molecule has 0 fully saturated rings. The average molecular weight is 254 g/mol. The van der Waals surface area contributed by atoms with E-state index in [1.165, 1.54) is 18.2 Å². The van der Waals surface area contributed by atoms with Crippen LogP contribution in [0.25, 0.3) is 0 Å². The average Bonchev–Trinajstić information content (AvgIpc) is 2.39. The summed E-state index contributed by atoms with van der Waals surface area (Å²) in [7, 11) is 0. The molecule has 0 radical (unpaired) electrons. The predicted octanol–water partition coefficient (Wildman–Crippen LogP) is 2.72. The van der Waals surface area contributed by atoms with Gasteiger partial charge >= 0.3 is 0 Å². The first-order valence-corrected chi connectivity index (χ1v) is 6.08. The highest BCUT2D eigenvalue weighted by Crippen LogP contribution is 2.23. The second-order valence-electron chi connectivity index (χ2n) is 4.68. The highest BCUT2D eigenvalue weighted by Gasteiger charge is 2.22. The molecule has 0 aliphatic heterocycles. The number of fused-ring (bicyclic) bond motifs is 2. The Morgan fingerprint density at radius 1 is 0.842 bits per heavy atom. The fraction of sp³-hybridized carbons (Fsp3) is 0.125. The Kier molecular flexibility index (Phi) is 2.75. The Balaban J connectivity index is 2.24. The van der Waals surface area contributed by atoms with Gasteiger partial charge in [-0.05, 0) is 23.3 Å². The van der Waals surface area contributed by atoms with Gasteiger partial charge in [-0.15, -0.1) is 0 Å². The highest BCUT2D eigenvalue weighted by molar-refractivity contribution is 6.12. The molecule has 1 aliphatic carbocycles. The first-order valence-electron chi connectivity index (χ1n) is 6.08. The van der Waals surface area contributed by atoms with Crippen LogP contribution in [0.3, 0.4) is 0 Å². The molecule has 2 aromatic carbocycles. The van der Waals surface area contributed by atoms with Gasteiger partial charge in [0, 0.05) is 24.0 Å². The summed E-state index contributed by atoms with van der Waals surface area (Å²) in [5.74, 6) is -0.636. The molecule has 3 heteroatoms. The van der Waals surface area contributed by atoms with Gasteiger partial charge in [0.25, 0.3) is 0 Å². The molecular weight excluding hydrogens is 243 g/mol. The largest absolute Gasteiger partial charge is 0.299 e. The maximum Gasteiger partial charge on any atom is 0.193 e. The summed E-state index contributed by atoms with van der Waals surface area (Å²) in [6.45, 7) is 0. The van der Waals surface area contributed by atoms with Crippen molar-refractivity contribution in [3.8, 4) is 0 Å². The number of Topliss-reactive ketones (excluding diaryl/α,β-unsaturated/α-hetero) is 1. The summed E-state index contributed by atoms with van der Waals surface area (Å²) >= 11 is 0. The number of hydrogen-bond acceptors (Lipinski definition) is 2. The molecule has 0 heterocycles. The van der Waals surface area contributed by atoms with Crippen molar-refractivity contribution in [1.29, 1.82) is 0 Å². The summed E-state index contributed by atoms with van der Waals surface area (Å²) in [4.78, 5) is 24.4. The third kappa shape index (κ3) is 2.08. The van der Waals surface area contributed by atoms with Crippen LogP contribution in [-0.4, -0.2) is 11.6 Å². The van der Waals surface area contributed by atoms with Gasteiger partial charge in [0.15, 0.2) is 5.78 Å². The topological polar surface area (TPSA) is 34.1 Å². The Hall–Kier alpha value is -2.29. The third-order valence-electron chi connectivity index (χ3n) is 3.35. The Bertz CT molecular complexity index is 689. The van der Waals surface area contributed by atoms with Crippen LogP contribution in [0.5, 0.6) is 0 Å². The van der Waals surface area contributed by atoms with Crippen molar-refractivity contribution in [2.24, 2.45) is 0 Å². The predicted molar refractivity (Wildman–Crippen MR) is 68.7 cm³/mol. The lowest BCUT2D eigenvalue weighted by atomic mass is 9.87. The molecule has 0 saturated heterocycles. The van der Waals surface area contributed by atoms with E-state index in [1.54, 1.807) is 24.3 Å². The second kappa shape index (κ2) is 4.43. The van der Waals surface area contributed by atoms with Crippen molar-refractivity contribution in [1.82, 2.24) is 0 Å². The Morgan fingerprint density at radius 2 is 1.53 bits per heavy atom. The lowest BCUT2D eigenvalue weighted by molar-refractivity contribution is -0.117. The maximum absolute atomic E-state index is 13.3. The lowest BCUT2D eigenvalue weighted by Gasteiger charge is -2.15. The number of hydrogen-bond donors (Lipinski definition) is 0. The second-order valence-corrected chi connectivity index (χ2v) is 4.68. The number of ketones is 2. The monoisotopic (exact) mass is 254 g/mol. The molecular formula is C16H11FO2. The van der Waals surface area contributed by atoms with E-state index in [4.69, 9.17) is 0 Å². The number of benzene rings is 2. The summed E-state index contributed by atoms with van der Waals surface area (Å²) in [5.41, 5.74) is 2.10. The van der Waals surface area contributed by atoms with Crippen LogP contribution < -0.4 is 0 Å². The number of carbonyl (C=O) groups excluding carboxylic acids is 2. The van der Waals surface area contributed by atoms with E-state index in [9.17, 15) is 14.0 Å². The van der Waals surface area contributed by atoms with Gasteiger partial charge in [-0.2, -0.15) is 0 Å². The molecule has 0 aromatic heterocycles. The van der Waals surface area contributed by atoms with Crippen molar-refractivity contribution in [2.45, 2.75) is 12.8 Å². The van der Waals surface area contributed by atoms with Gasteiger partial charge < -0.3 is 0 Å².